The molecule has 2 aliphatic rings. The number of hydrogen-bond acceptors (Lipinski definition) is 3. The first-order chi connectivity index (χ1) is 14.8. The van der Waals surface area contributed by atoms with E-state index in [1.165, 1.54) is 19.3 Å². The van der Waals surface area contributed by atoms with Crippen LogP contribution in [-0.2, 0) is 4.79 Å². The average molecular weight is 399 g/mol. The first-order valence-corrected chi connectivity index (χ1v) is 10.8. The molecule has 1 aliphatic carbocycles. The van der Waals surface area contributed by atoms with Gasteiger partial charge in [-0.15, -0.1) is 0 Å². The third-order valence-corrected chi connectivity index (χ3v) is 6.40. The fraction of sp³-hybridized carbons (Fsp3) is 0.320. The van der Waals surface area contributed by atoms with E-state index in [-0.39, 0.29) is 5.91 Å². The molecule has 0 bridgehead atoms. The number of carbonyl (C=O) groups excluding carboxylic acids is 1. The predicted octanol–water partition coefficient (Wildman–Crippen LogP) is 4.74. The van der Waals surface area contributed by atoms with Gasteiger partial charge in [0, 0.05) is 48.4 Å². The number of benzene rings is 1. The third kappa shape index (κ3) is 3.67. The highest BCUT2D eigenvalue weighted by Gasteiger charge is 2.37. The van der Waals surface area contributed by atoms with E-state index in [1.54, 1.807) is 12.3 Å². The lowest BCUT2D eigenvalue weighted by molar-refractivity contribution is -0.127. The average Bonchev–Trinajstić information content (AvgIpc) is 3.43. The highest BCUT2D eigenvalue weighted by Crippen LogP contribution is 2.36. The molecule has 0 spiro atoms. The molecule has 2 fully saturated rings. The standard InChI is InChI=1S/C25H26N4O/c30-24(28-16-14-19-7-4-5-11-23(19)28)13-12-21-18-29(22-9-2-1-3-10-22)27-25(21)20-8-6-15-26-17-20/h1-3,6,8-10,12-13,15,17-19,23H,4-5,7,11,14,16H2. The molecule has 1 amide bonds. The van der Waals surface area contributed by atoms with Crippen molar-refractivity contribution in [1.29, 1.82) is 0 Å². The van der Waals surface area contributed by atoms with Crippen LogP contribution >= 0.6 is 0 Å². The zero-order chi connectivity index (χ0) is 20.3. The van der Waals surface area contributed by atoms with Crippen LogP contribution in [0.25, 0.3) is 23.0 Å². The maximum atomic E-state index is 13.0. The van der Waals surface area contributed by atoms with Crippen molar-refractivity contribution in [1.82, 2.24) is 19.7 Å². The lowest BCUT2D eigenvalue weighted by Gasteiger charge is -2.31. The number of fused-ring (bicyclic) bond motifs is 1. The summed E-state index contributed by atoms with van der Waals surface area (Å²) < 4.78 is 1.86. The van der Waals surface area contributed by atoms with Crippen LogP contribution in [0, 0.1) is 5.92 Å². The van der Waals surface area contributed by atoms with Gasteiger partial charge in [0.05, 0.1) is 5.69 Å². The Hall–Kier alpha value is -3.21. The van der Waals surface area contributed by atoms with Crippen LogP contribution in [0.15, 0.2) is 67.1 Å². The normalized spacial score (nSPS) is 21.1. The Labute approximate surface area is 177 Å². The summed E-state index contributed by atoms with van der Waals surface area (Å²) in [4.78, 5) is 19.3. The second-order valence-corrected chi connectivity index (χ2v) is 8.22. The second-order valence-electron chi connectivity index (χ2n) is 8.22. The smallest absolute Gasteiger partial charge is 0.246 e. The number of rotatable bonds is 4. The van der Waals surface area contributed by atoms with E-state index in [0.717, 1.165) is 41.9 Å². The molecule has 152 valence electrons. The number of pyridine rings is 1. The molecule has 1 aromatic carbocycles. The number of para-hydroxylation sites is 1. The van der Waals surface area contributed by atoms with Gasteiger partial charge >= 0.3 is 0 Å². The van der Waals surface area contributed by atoms with E-state index in [4.69, 9.17) is 5.10 Å². The van der Waals surface area contributed by atoms with E-state index in [1.807, 2.05) is 65.6 Å². The summed E-state index contributed by atoms with van der Waals surface area (Å²) in [6.07, 6.45) is 15.3. The topological polar surface area (TPSA) is 51.0 Å². The van der Waals surface area contributed by atoms with Gasteiger partial charge < -0.3 is 4.90 Å². The van der Waals surface area contributed by atoms with Crippen molar-refractivity contribution < 1.29 is 4.79 Å². The van der Waals surface area contributed by atoms with Crippen LogP contribution in [0.2, 0.25) is 0 Å². The molecule has 30 heavy (non-hydrogen) atoms. The van der Waals surface area contributed by atoms with Crippen molar-refractivity contribution in [3.8, 4) is 16.9 Å². The molecule has 3 aromatic rings. The van der Waals surface area contributed by atoms with Gasteiger partial charge in [-0.05, 0) is 55.5 Å². The van der Waals surface area contributed by atoms with Crippen LogP contribution in [-0.4, -0.2) is 38.2 Å². The van der Waals surface area contributed by atoms with E-state index in [0.29, 0.717) is 12.0 Å². The molecule has 5 nitrogen and oxygen atoms in total. The number of amides is 1. The summed E-state index contributed by atoms with van der Waals surface area (Å²) in [5.41, 5.74) is 3.67. The Bertz CT molecular complexity index is 1040. The van der Waals surface area contributed by atoms with Crippen LogP contribution in [0.1, 0.15) is 37.7 Å². The Morgan fingerprint density at radius 2 is 1.90 bits per heavy atom. The fourth-order valence-electron chi connectivity index (χ4n) is 4.89. The summed E-state index contributed by atoms with van der Waals surface area (Å²) >= 11 is 0. The molecule has 2 aromatic heterocycles. The molecule has 1 saturated carbocycles. The third-order valence-electron chi connectivity index (χ3n) is 6.40. The van der Waals surface area contributed by atoms with Crippen molar-refractivity contribution in [2.45, 2.75) is 38.1 Å². The van der Waals surface area contributed by atoms with Crippen molar-refractivity contribution in [2.75, 3.05) is 6.54 Å². The zero-order valence-corrected chi connectivity index (χ0v) is 17.0. The van der Waals surface area contributed by atoms with Crippen molar-refractivity contribution >= 4 is 12.0 Å². The summed E-state index contributed by atoms with van der Waals surface area (Å²) in [6.45, 7) is 0.886. The Balaban J connectivity index is 1.44. The first kappa shape index (κ1) is 18.8. The quantitative estimate of drug-likeness (QED) is 0.597. The van der Waals surface area contributed by atoms with Crippen molar-refractivity contribution in [2.24, 2.45) is 5.92 Å². The lowest BCUT2D eigenvalue weighted by atomic mass is 9.85. The molecule has 1 saturated heterocycles. The predicted molar refractivity (Wildman–Crippen MR) is 118 cm³/mol. The van der Waals surface area contributed by atoms with Gasteiger partial charge in [-0.2, -0.15) is 5.10 Å². The minimum absolute atomic E-state index is 0.119. The highest BCUT2D eigenvalue weighted by molar-refractivity contribution is 5.93. The Kier molecular flexibility index (Phi) is 5.18. The number of likely N-dealkylation sites (tertiary alicyclic amines) is 1. The number of aromatic nitrogens is 3. The number of nitrogens with zero attached hydrogens (tertiary/aromatic N) is 4. The van der Waals surface area contributed by atoms with Gasteiger partial charge in [0.25, 0.3) is 0 Å². The Morgan fingerprint density at radius 1 is 1.03 bits per heavy atom. The van der Waals surface area contributed by atoms with Gasteiger partial charge in [0.15, 0.2) is 0 Å². The summed E-state index contributed by atoms with van der Waals surface area (Å²) in [7, 11) is 0. The van der Waals surface area contributed by atoms with Crippen molar-refractivity contribution in [3.05, 3.63) is 72.7 Å². The SMILES string of the molecule is O=C(C=Cc1cn(-c2ccccc2)nc1-c1cccnc1)N1CCC2CCCCC21. The monoisotopic (exact) mass is 398 g/mol. The molecule has 3 heterocycles. The zero-order valence-electron chi connectivity index (χ0n) is 17.0. The number of hydrogen-bond donors (Lipinski definition) is 0. The van der Waals surface area contributed by atoms with Crippen LogP contribution in [0.3, 0.4) is 0 Å². The van der Waals surface area contributed by atoms with Gasteiger partial charge in [0.2, 0.25) is 5.91 Å². The maximum Gasteiger partial charge on any atom is 0.246 e. The van der Waals surface area contributed by atoms with E-state index in [9.17, 15) is 4.79 Å². The Morgan fingerprint density at radius 3 is 2.73 bits per heavy atom. The lowest BCUT2D eigenvalue weighted by Crippen LogP contribution is -2.38. The van der Waals surface area contributed by atoms with Crippen LogP contribution < -0.4 is 0 Å². The fourth-order valence-corrected chi connectivity index (χ4v) is 4.89. The van der Waals surface area contributed by atoms with Crippen LogP contribution in [0.5, 0.6) is 0 Å². The largest absolute Gasteiger partial charge is 0.336 e. The molecule has 2 unspecified atom stereocenters. The van der Waals surface area contributed by atoms with Gasteiger partial charge in [0.1, 0.15) is 5.69 Å². The molecule has 5 rings (SSSR count). The highest BCUT2D eigenvalue weighted by atomic mass is 16.2. The molecular weight excluding hydrogens is 372 g/mol. The van der Waals surface area contributed by atoms with E-state index >= 15 is 0 Å². The molecule has 0 N–H and O–H groups in total. The molecular formula is C25H26N4O. The second kappa shape index (κ2) is 8.27. The minimum Gasteiger partial charge on any atom is -0.336 e. The number of carbonyl (C=O) groups is 1. The summed E-state index contributed by atoms with van der Waals surface area (Å²) in [6, 6.07) is 14.4. The summed E-state index contributed by atoms with van der Waals surface area (Å²) in [5.74, 6) is 0.817. The first-order valence-electron chi connectivity index (χ1n) is 10.8. The van der Waals surface area contributed by atoms with E-state index < -0.39 is 0 Å². The molecule has 1 aliphatic heterocycles. The molecule has 2 atom stereocenters. The maximum absolute atomic E-state index is 13.0. The van der Waals surface area contributed by atoms with Gasteiger partial charge in [-0.25, -0.2) is 4.68 Å². The van der Waals surface area contributed by atoms with Gasteiger partial charge in [-0.1, -0.05) is 31.0 Å². The minimum atomic E-state index is 0.119. The van der Waals surface area contributed by atoms with Gasteiger partial charge in [-0.3, -0.25) is 9.78 Å². The van der Waals surface area contributed by atoms with Crippen LogP contribution in [0.4, 0.5) is 0 Å². The van der Waals surface area contributed by atoms with Crippen molar-refractivity contribution in [3.63, 3.8) is 0 Å². The summed E-state index contributed by atoms with van der Waals surface area (Å²) in [5, 5.41) is 4.79. The molecule has 5 heteroatoms. The van der Waals surface area contributed by atoms with E-state index in [2.05, 4.69) is 9.88 Å². The molecule has 0 radical (unpaired) electrons.